The van der Waals surface area contributed by atoms with Gasteiger partial charge in [0.1, 0.15) is 5.69 Å². The van der Waals surface area contributed by atoms with Crippen molar-refractivity contribution in [2.24, 2.45) is 32.4 Å². The Morgan fingerprint density at radius 3 is 2.62 bits per heavy atom. The number of H-pyrrole nitrogens is 1. The van der Waals surface area contributed by atoms with Crippen molar-refractivity contribution in [3.8, 4) is 0 Å². The first-order valence-corrected chi connectivity index (χ1v) is 9.62. The van der Waals surface area contributed by atoms with E-state index in [9.17, 15) is 4.79 Å². The molecule has 0 fully saturated rings. The first-order chi connectivity index (χ1) is 13.9. The van der Waals surface area contributed by atoms with Crippen molar-refractivity contribution in [3.63, 3.8) is 0 Å². The number of aromatic amines is 1. The van der Waals surface area contributed by atoms with E-state index in [1.54, 1.807) is 12.3 Å². The summed E-state index contributed by atoms with van der Waals surface area (Å²) in [7, 11) is 0. The second-order valence-corrected chi connectivity index (χ2v) is 7.19. The van der Waals surface area contributed by atoms with Gasteiger partial charge in [-0.2, -0.15) is 5.11 Å². The number of hydrogen-bond acceptors (Lipinski definition) is 5. The van der Waals surface area contributed by atoms with Crippen LogP contribution in [0.15, 0.2) is 68.4 Å². The van der Waals surface area contributed by atoms with Gasteiger partial charge in [0.25, 0.3) is 0 Å². The van der Waals surface area contributed by atoms with Crippen LogP contribution in [0.25, 0.3) is 10.9 Å². The lowest BCUT2D eigenvalue weighted by atomic mass is 10.1. The lowest BCUT2D eigenvalue weighted by Gasteiger charge is -2.12. The molecular formula is C19H21BrN8O. The molecule has 0 aliphatic rings. The fraction of sp³-hybridized carbons (Fsp3) is 0.158. The van der Waals surface area contributed by atoms with Crippen molar-refractivity contribution in [2.75, 3.05) is 11.9 Å². The molecule has 29 heavy (non-hydrogen) atoms. The Bertz CT molecular complexity index is 1050. The Morgan fingerprint density at radius 1 is 1.14 bits per heavy atom. The molecular weight excluding hydrogens is 436 g/mol. The van der Waals surface area contributed by atoms with E-state index in [-0.39, 0.29) is 18.4 Å². The maximum atomic E-state index is 12.5. The van der Waals surface area contributed by atoms with Crippen molar-refractivity contribution in [3.05, 3.63) is 53.1 Å². The van der Waals surface area contributed by atoms with Crippen molar-refractivity contribution < 1.29 is 4.79 Å². The van der Waals surface area contributed by atoms with Gasteiger partial charge in [0.05, 0.1) is 22.8 Å². The number of azo groups is 1. The number of hydrogen-bond donors (Lipinski definition) is 5. The second kappa shape index (κ2) is 9.30. The quantitative estimate of drug-likeness (QED) is 0.209. The summed E-state index contributed by atoms with van der Waals surface area (Å²) in [4.78, 5) is 19.4. The number of rotatable bonds is 7. The highest BCUT2D eigenvalue weighted by molar-refractivity contribution is 9.10. The molecule has 2 aromatic carbocycles. The van der Waals surface area contributed by atoms with Crippen LogP contribution in [-0.2, 0) is 4.79 Å². The highest BCUT2D eigenvalue weighted by Crippen LogP contribution is 2.33. The zero-order valence-electron chi connectivity index (χ0n) is 15.5. The summed E-state index contributed by atoms with van der Waals surface area (Å²) in [5.41, 5.74) is 19.2. The predicted molar refractivity (Wildman–Crippen MR) is 119 cm³/mol. The second-order valence-electron chi connectivity index (χ2n) is 6.27. The van der Waals surface area contributed by atoms with Crippen molar-refractivity contribution in [1.29, 1.82) is 0 Å². The minimum absolute atomic E-state index is 0.0320. The third-order valence-corrected chi connectivity index (χ3v) is 4.64. The molecule has 0 radical (unpaired) electrons. The molecule has 0 unspecified atom stereocenters. The van der Waals surface area contributed by atoms with Crippen LogP contribution >= 0.6 is 15.9 Å². The number of aliphatic imine (C=N–C) groups is 1. The minimum Gasteiger partial charge on any atom is -0.370 e. The van der Waals surface area contributed by atoms with Crippen molar-refractivity contribution in [1.82, 2.24) is 4.98 Å². The predicted octanol–water partition coefficient (Wildman–Crippen LogP) is 3.28. The van der Waals surface area contributed by atoms with Crippen LogP contribution in [0.1, 0.15) is 6.42 Å². The number of carbonyl (C=O) groups is 1. The highest BCUT2D eigenvalue weighted by Gasteiger charge is 2.16. The van der Waals surface area contributed by atoms with E-state index in [1.165, 1.54) is 0 Å². The van der Waals surface area contributed by atoms with E-state index in [2.05, 4.69) is 41.5 Å². The molecule has 0 saturated heterocycles. The number of nitrogens with one attached hydrogen (secondary N) is 2. The molecule has 0 aliphatic carbocycles. The topological polar surface area (TPSA) is 160 Å². The lowest BCUT2D eigenvalue weighted by molar-refractivity contribution is -0.117. The number of nitrogens with two attached hydrogens (primary N) is 3. The Hall–Kier alpha value is -3.24. The van der Waals surface area contributed by atoms with Crippen LogP contribution in [0, 0.1) is 0 Å². The smallest absolute Gasteiger partial charge is 0.241 e. The SMILES string of the molecule is NC(N)=NCC[C@H](N)C(=O)Nc1cccc2[nH]cc(N=Nc3ccc(Br)cc3)c12. The van der Waals surface area contributed by atoms with Crippen molar-refractivity contribution >= 4 is 55.8 Å². The van der Waals surface area contributed by atoms with Gasteiger partial charge in [0, 0.05) is 22.7 Å². The molecule has 3 aromatic rings. The normalized spacial score (nSPS) is 12.2. The molecule has 150 valence electrons. The molecule has 0 bridgehead atoms. The summed E-state index contributed by atoms with van der Waals surface area (Å²) in [6.07, 6.45) is 2.06. The standard InChI is InChI=1S/C19H21BrN8O/c20-11-4-6-12(7-5-11)27-28-16-10-25-14-2-1-3-15(17(14)16)26-18(29)13(21)8-9-24-19(22)23/h1-7,10,13,25H,8-9,21H2,(H,26,29)(H4,22,23,24)/t13-/m0/s1. The number of benzene rings is 2. The molecule has 0 aliphatic heterocycles. The van der Waals surface area contributed by atoms with Crippen LogP contribution in [0.2, 0.25) is 0 Å². The van der Waals surface area contributed by atoms with Gasteiger partial charge in [0.15, 0.2) is 5.96 Å². The van der Waals surface area contributed by atoms with Gasteiger partial charge in [0.2, 0.25) is 5.91 Å². The van der Waals surface area contributed by atoms with E-state index in [1.807, 2.05) is 36.4 Å². The zero-order valence-corrected chi connectivity index (χ0v) is 17.1. The summed E-state index contributed by atoms with van der Waals surface area (Å²) >= 11 is 3.39. The van der Waals surface area contributed by atoms with E-state index < -0.39 is 6.04 Å². The first kappa shape index (κ1) is 20.5. The van der Waals surface area contributed by atoms with Crippen LogP contribution in [-0.4, -0.2) is 29.4 Å². The molecule has 0 saturated carbocycles. The molecule has 1 aromatic heterocycles. The number of carbonyl (C=O) groups excluding carboxylic acids is 1. The Morgan fingerprint density at radius 2 is 1.90 bits per heavy atom. The number of fused-ring (bicyclic) bond motifs is 1. The maximum absolute atomic E-state index is 12.5. The van der Waals surface area contributed by atoms with E-state index in [0.29, 0.717) is 23.5 Å². The Kier molecular flexibility index (Phi) is 6.57. The number of amides is 1. The van der Waals surface area contributed by atoms with Crippen LogP contribution in [0.4, 0.5) is 17.1 Å². The number of guanidine groups is 1. The Balaban J connectivity index is 1.80. The number of halogens is 1. The summed E-state index contributed by atoms with van der Waals surface area (Å²) < 4.78 is 0.963. The van der Waals surface area contributed by atoms with Crippen LogP contribution in [0.3, 0.4) is 0 Å². The van der Waals surface area contributed by atoms with E-state index in [0.717, 1.165) is 15.4 Å². The van der Waals surface area contributed by atoms with Crippen molar-refractivity contribution in [2.45, 2.75) is 12.5 Å². The third kappa shape index (κ3) is 5.39. The largest absolute Gasteiger partial charge is 0.370 e. The Labute approximate surface area is 175 Å². The summed E-state index contributed by atoms with van der Waals surface area (Å²) in [6.45, 7) is 0.276. The number of nitrogens with zero attached hydrogens (tertiary/aromatic N) is 3. The lowest BCUT2D eigenvalue weighted by Crippen LogP contribution is -2.36. The van der Waals surface area contributed by atoms with E-state index >= 15 is 0 Å². The van der Waals surface area contributed by atoms with Gasteiger partial charge < -0.3 is 27.5 Å². The molecule has 9 nitrogen and oxygen atoms in total. The molecule has 1 heterocycles. The molecule has 0 spiro atoms. The molecule has 10 heteroatoms. The van der Waals surface area contributed by atoms with Gasteiger partial charge in [-0.3, -0.25) is 9.79 Å². The zero-order chi connectivity index (χ0) is 20.8. The molecule has 1 atom stereocenters. The summed E-state index contributed by atoms with van der Waals surface area (Å²) in [5, 5.41) is 12.2. The minimum atomic E-state index is -0.750. The van der Waals surface area contributed by atoms with Gasteiger partial charge >= 0.3 is 0 Å². The van der Waals surface area contributed by atoms with E-state index in [4.69, 9.17) is 17.2 Å². The molecule has 3 rings (SSSR count). The van der Waals surface area contributed by atoms with Gasteiger partial charge in [-0.1, -0.05) is 22.0 Å². The van der Waals surface area contributed by atoms with Gasteiger partial charge in [-0.05, 0) is 42.8 Å². The monoisotopic (exact) mass is 456 g/mol. The average Bonchev–Trinajstić information content (AvgIpc) is 3.11. The first-order valence-electron chi connectivity index (χ1n) is 8.83. The summed E-state index contributed by atoms with van der Waals surface area (Å²) in [6, 6.07) is 12.2. The third-order valence-electron chi connectivity index (χ3n) is 4.11. The number of aromatic nitrogens is 1. The average molecular weight is 457 g/mol. The summed E-state index contributed by atoms with van der Waals surface area (Å²) in [5.74, 6) is -0.365. The van der Waals surface area contributed by atoms with Gasteiger partial charge in [-0.25, -0.2) is 0 Å². The van der Waals surface area contributed by atoms with Gasteiger partial charge in [-0.15, -0.1) is 5.11 Å². The number of anilines is 1. The molecule has 8 N–H and O–H groups in total. The molecule has 1 amide bonds. The fourth-order valence-electron chi connectivity index (χ4n) is 2.66. The maximum Gasteiger partial charge on any atom is 0.241 e. The van der Waals surface area contributed by atoms with Crippen LogP contribution < -0.4 is 22.5 Å². The highest BCUT2D eigenvalue weighted by atomic mass is 79.9. The van der Waals surface area contributed by atoms with Crippen LogP contribution in [0.5, 0.6) is 0 Å². The fourth-order valence-corrected chi connectivity index (χ4v) is 2.92.